The highest BCUT2D eigenvalue weighted by molar-refractivity contribution is 6.06. The van der Waals surface area contributed by atoms with Crippen LogP contribution < -0.4 is 4.90 Å². The number of anilines is 1. The van der Waals surface area contributed by atoms with Gasteiger partial charge in [0.2, 0.25) is 0 Å². The van der Waals surface area contributed by atoms with Gasteiger partial charge in [0.1, 0.15) is 0 Å². The van der Waals surface area contributed by atoms with Crippen LogP contribution in [0.15, 0.2) is 71.8 Å². The van der Waals surface area contributed by atoms with E-state index < -0.39 is 0 Å². The van der Waals surface area contributed by atoms with Gasteiger partial charge in [-0.1, -0.05) is 12.1 Å². The number of aromatic nitrogens is 1. The Balaban J connectivity index is 1.93. The molecule has 0 N–H and O–H groups in total. The minimum absolute atomic E-state index is 0.0287. The molecular weight excluding hydrogens is 276 g/mol. The van der Waals surface area contributed by atoms with E-state index in [9.17, 15) is 4.79 Å². The molecule has 22 heavy (non-hydrogen) atoms. The number of benzene rings is 1. The summed E-state index contributed by atoms with van der Waals surface area (Å²) in [5, 5.41) is 0. The maximum absolute atomic E-state index is 12.8. The van der Waals surface area contributed by atoms with Crippen LogP contribution in [-0.4, -0.2) is 17.4 Å². The fourth-order valence-electron chi connectivity index (χ4n) is 2.38. The molecule has 0 bridgehead atoms. The van der Waals surface area contributed by atoms with Gasteiger partial charge in [-0.05, 0) is 42.8 Å². The SMILES string of the molecule is CCN(C(=O)c1cccc(-c2ccoc2)c1)c1ccncc1. The topological polar surface area (TPSA) is 46.3 Å². The minimum atomic E-state index is -0.0287. The summed E-state index contributed by atoms with van der Waals surface area (Å²) in [5.41, 5.74) is 3.42. The van der Waals surface area contributed by atoms with Crippen molar-refractivity contribution < 1.29 is 9.21 Å². The normalized spacial score (nSPS) is 10.4. The monoisotopic (exact) mass is 292 g/mol. The fourth-order valence-corrected chi connectivity index (χ4v) is 2.38. The van der Waals surface area contributed by atoms with Crippen LogP contribution in [0.3, 0.4) is 0 Å². The first kappa shape index (κ1) is 14.1. The standard InChI is InChI=1S/C18H16N2O2/c1-2-20(17-6-9-19-10-7-17)18(21)15-5-3-4-14(12-15)16-8-11-22-13-16/h3-13H,2H2,1H3. The van der Waals surface area contributed by atoms with Gasteiger partial charge < -0.3 is 9.32 Å². The summed E-state index contributed by atoms with van der Waals surface area (Å²) in [5.74, 6) is -0.0287. The number of rotatable bonds is 4. The number of amides is 1. The average molecular weight is 292 g/mol. The van der Waals surface area contributed by atoms with Crippen LogP contribution in [0.4, 0.5) is 5.69 Å². The van der Waals surface area contributed by atoms with E-state index in [-0.39, 0.29) is 5.91 Å². The number of nitrogens with zero attached hydrogens (tertiary/aromatic N) is 2. The van der Waals surface area contributed by atoms with E-state index in [4.69, 9.17) is 4.42 Å². The number of furan rings is 1. The lowest BCUT2D eigenvalue weighted by Gasteiger charge is -2.21. The number of hydrogen-bond acceptors (Lipinski definition) is 3. The highest BCUT2D eigenvalue weighted by atomic mass is 16.3. The Hall–Kier alpha value is -2.88. The number of pyridine rings is 1. The van der Waals surface area contributed by atoms with E-state index in [2.05, 4.69) is 4.98 Å². The van der Waals surface area contributed by atoms with E-state index in [1.807, 2.05) is 49.4 Å². The minimum Gasteiger partial charge on any atom is -0.472 e. The predicted molar refractivity (Wildman–Crippen MR) is 85.7 cm³/mol. The van der Waals surface area contributed by atoms with Crippen LogP contribution in [0.1, 0.15) is 17.3 Å². The third-order valence-electron chi connectivity index (χ3n) is 3.50. The third kappa shape index (κ3) is 2.76. The van der Waals surface area contributed by atoms with Crippen molar-refractivity contribution in [2.24, 2.45) is 0 Å². The quantitative estimate of drug-likeness (QED) is 0.730. The number of hydrogen-bond donors (Lipinski definition) is 0. The van der Waals surface area contributed by atoms with Crippen LogP contribution in [0.2, 0.25) is 0 Å². The van der Waals surface area contributed by atoms with Crippen molar-refractivity contribution in [2.45, 2.75) is 6.92 Å². The smallest absolute Gasteiger partial charge is 0.258 e. The lowest BCUT2D eigenvalue weighted by molar-refractivity contribution is 0.0988. The molecule has 1 amide bonds. The molecule has 0 saturated carbocycles. The summed E-state index contributed by atoms with van der Waals surface area (Å²) >= 11 is 0. The van der Waals surface area contributed by atoms with Crippen molar-refractivity contribution in [1.29, 1.82) is 0 Å². The molecule has 0 aliphatic carbocycles. The van der Waals surface area contributed by atoms with Crippen LogP contribution in [0.5, 0.6) is 0 Å². The molecule has 0 aliphatic rings. The maximum atomic E-state index is 12.8. The van der Waals surface area contributed by atoms with Crippen molar-refractivity contribution in [1.82, 2.24) is 4.98 Å². The molecule has 0 radical (unpaired) electrons. The lowest BCUT2D eigenvalue weighted by atomic mass is 10.0. The molecule has 3 aromatic rings. The molecule has 0 spiro atoms. The second-order valence-electron chi connectivity index (χ2n) is 4.85. The first-order valence-corrected chi connectivity index (χ1v) is 7.14. The van der Waals surface area contributed by atoms with E-state index in [0.29, 0.717) is 12.1 Å². The van der Waals surface area contributed by atoms with E-state index in [1.165, 1.54) is 0 Å². The third-order valence-corrected chi connectivity index (χ3v) is 3.50. The van der Waals surface area contributed by atoms with Crippen molar-refractivity contribution in [3.63, 3.8) is 0 Å². The van der Waals surface area contributed by atoms with Gasteiger partial charge in [0.25, 0.3) is 5.91 Å². The van der Waals surface area contributed by atoms with Gasteiger partial charge in [-0.3, -0.25) is 9.78 Å². The number of carbonyl (C=O) groups excluding carboxylic acids is 1. The fraction of sp³-hybridized carbons (Fsp3) is 0.111. The molecule has 0 saturated heterocycles. The zero-order chi connectivity index (χ0) is 15.4. The van der Waals surface area contributed by atoms with Crippen LogP contribution in [0, 0.1) is 0 Å². The molecule has 2 aromatic heterocycles. The molecule has 110 valence electrons. The van der Waals surface area contributed by atoms with Gasteiger partial charge in [0.15, 0.2) is 0 Å². The summed E-state index contributed by atoms with van der Waals surface area (Å²) in [6.07, 6.45) is 6.67. The van der Waals surface area contributed by atoms with Crippen LogP contribution in [0.25, 0.3) is 11.1 Å². The average Bonchev–Trinajstić information content (AvgIpc) is 3.11. The molecule has 0 atom stereocenters. The van der Waals surface area contributed by atoms with E-state index in [1.54, 1.807) is 29.8 Å². The van der Waals surface area contributed by atoms with E-state index >= 15 is 0 Å². The Kier molecular flexibility index (Phi) is 4.01. The Morgan fingerprint density at radius 2 is 1.95 bits per heavy atom. The summed E-state index contributed by atoms with van der Waals surface area (Å²) in [6, 6.07) is 13.1. The van der Waals surface area contributed by atoms with Gasteiger partial charge in [0, 0.05) is 35.8 Å². The molecule has 4 nitrogen and oxygen atoms in total. The molecule has 0 aliphatic heterocycles. The van der Waals surface area contributed by atoms with Gasteiger partial charge in [-0.15, -0.1) is 0 Å². The highest BCUT2D eigenvalue weighted by Crippen LogP contribution is 2.23. The molecule has 1 aromatic carbocycles. The van der Waals surface area contributed by atoms with Gasteiger partial charge in [-0.25, -0.2) is 0 Å². The van der Waals surface area contributed by atoms with Crippen LogP contribution in [-0.2, 0) is 0 Å². The molecule has 3 rings (SSSR count). The zero-order valence-corrected chi connectivity index (χ0v) is 12.3. The second kappa shape index (κ2) is 6.26. The van der Waals surface area contributed by atoms with Crippen LogP contribution >= 0.6 is 0 Å². The number of carbonyl (C=O) groups is 1. The van der Waals surface area contributed by atoms with Crippen molar-refractivity contribution >= 4 is 11.6 Å². The summed E-state index contributed by atoms with van der Waals surface area (Å²) in [6.45, 7) is 2.55. The van der Waals surface area contributed by atoms with Crippen molar-refractivity contribution in [2.75, 3.05) is 11.4 Å². The van der Waals surface area contributed by atoms with Gasteiger partial charge in [-0.2, -0.15) is 0 Å². The Labute approximate surface area is 129 Å². The Bertz CT molecular complexity index is 752. The summed E-state index contributed by atoms with van der Waals surface area (Å²) in [4.78, 5) is 18.5. The Morgan fingerprint density at radius 1 is 1.14 bits per heavy atom. The van der Waals surface area contributed by atoms with Crippen molar-refractivity contribution in [3.8, 4) is 11.1 Å². The molecule has 0 fully saturated rings. The molecule has 2 heterocycles. The first-order valence-electron chi connectivity index (χ1n) is 7.14. The second-order valence-corrected chi connectivity index (χ2v) is 4.85. The summed E-state index contributed by atoms with van der Waals surface area (Å²) in [7, 11) is 0. The zero-order valence-electron chi connectivity index (χ0n) is 12.3. The predicted octanol–water partition coefficient (Wildman–Crippen LogP) is 4.01. The molecule has 0 unspecified atom stereocenters. The molecular formula is C18H16N2O2. The van der Waals surface area contributed by atoms with Gasteiger partial charge in [0.05, 0.1) is 12.5 Å². The highest BCUT2D eigenvalue weighted by Gasteiger charge is 2.16. The lowest BCUT2D eigenvalue weighted by Crippen LogP contribution is -2.30. The van der Waals surface area contributed by atoms with Crippen molar-refractivity contribution in [3.05, 3.63) is 72.9 Å². The van der Waals surface area contributed by atoms with E-state index in [0.717, 1.165) is 16.8 Å². The Morgan fingerprint density at radius 3 is 2.64 bits per heavy atom. The summed E-state index contributed by atoms with van der Waals surface area (Å²) < 4.78 is 5.10. The maximum Gasteiger partial charge on any atom is 0.258 e. The largest absolute Gasteiger partial charge is 0.472 e. The molecule has 4 heteroatoms. The first-order chi connectivity index (χ1) is 10.8. The van der Waals surface area contributed by atoms with Gasteiger partial charge >= 0.3 is 0 Å².